The number of hydrogen-bond donors (Lipinski definition) is 0. The van der Waals surface area contributed by atoms with E-state index in [0.29, 0.717) is 5.89 Å². The van der Waals surface area contributed by atoms with E-state index in [-0.39, 0.29) is 0 Å². The normalized spacial score (nSPS) is 12.2. The highest BCUT2D eigenvalue weighted by molar-refractivity contribution is 5.60. The Balaban J connectivity index is 1.86. The fraction of sp³-hybridized carbons (Fsp3) is 0.0667. The minimum absolute atomic E-state index is 0.681. The predicted molar refractivity (Wildman–Crippen MR) is 66.7 cm³/mol. The minimum atomic E-state index is 0.681. The van der Waals surface area contributed by atoms with Crippen LogP contribution in [-0.4, -0.2) is 5.10 Å². The second kappa shape index (κ2) is 3.53. The van der Waals surface area contributed by atoms with Crippen LogP contribution in [0.4, 0.5) is 0 Å². The predicted octanol–water partition coefficient (Wildman–Crippen LogP) is 2.66. The lowest BCUT2D eigenvalue weighted by Crippen LogP contribution is -2.33. The topological polar surface area (TPSA) is 29.9 Å². The van der Waals surface area contributed by atoms with Gasteiger partial charge >= 0.3 is 5.89 Å². The molecule has 86 valence electrons. The van der Waals surface area contributed by atoms with Gasteiger partial charge in [-0.25, -0.2) is 0 Å². The molecule has 18 heavy (non-hydrogen) atoms. The fourth-order valence-corrected chi connectivity index (χ4v) is 2.35. The van der Waals surface area contributed by atoms with Gasteiger partial charge < -0.3 is 4.42 Å². The Kier molecular flexibility index (Phi) is 1.88. The van der Waals surface area contributed by atoms with E-state index in [0.717, 1.165) is 23.6 Å². The van der Waals surface area contributed by atoms with Gasteiger partial charge in [0.25, 0.3) is 5.89 Å². The Morgan fingerprint density at radius 2 is 1.72 bits per heavy atom. The molecule has 0 N–H and O–H groups in total. The number of nitrogens with zero attached hydrogens (tertiary/aromatic N) is 2. The second-order valence-electron chi connectivity index (χ2n) is 4.39. The van der Waals surface area contributed by atoms with Crippen LogP contribution in [-0.2, 0) is 6.54 Å². The summed E-state index contributed by atoms with van der Waals surface area (Å²) < 4.78 is 7.81. The lowest BCUT2D eigenvalue weighted by Gasteiger charge is -1.92. The molecule has 1 aliphatic rings. The summed E-state index contributed by atoms with van der Waals surface area (Å²) in [6.45, 7) is 0.793. The molecule has 3 nitrogen and oxygen atoms in total. The van der Waals surface area contributed by atoms with E-state index in [9.17, 15) is 0 Å². The van der Waals surface area contributed by atoms with Crippen LogP contribution in [0.2, 0.25) is 0 Å². The zero-order chi connectivity index (χ0) is 11.9. The third kappa shape index (κ3) is 1.31. The minimum Gasteiger partial charge on any atom is -0.377 e. The Hall–Kier alpha value is -2.42. The van der Waals surface area contributed by atoms with Gasteiger partial charge in [0.15, 0.2) is 0 Å². The molecule has 3 heteroatoms. The maximum atomic E-state index is 5.89. The molecule has 0 fully saturated rings. The molecule has 0 spiro atoms. The summed E-state index contributed by atoms with van der Waals surface area (Å²) in [6, 6.07) is 18.2. The van der Waals surface area contributed by atoms with E-state index in [1.54, 1.807) is 0 Å². The van der Waals surface area contributed by atoms with Gasteiger partial charge in [-0.05, 0) is 22.9 Å². The number of benzene rings is 2. The van der Waals surface area contributed by atoms with Crippen LogP contribution in [0.5, 0.6) is 0 Å². The Labute approximate surface area is 104 Å². The molecule has 0 amide bonds. The van der Waals surface area contributed by atoms with Crippen molar-refractivity contribution >= 4 is 0 Å². The zero-order valence-corrected chi connectivity index (χ0v) is 9.71. The molecule has 0 saturated heterocycles. The molecule has 0 radical (unpaired) electrons. The van der Waals surface area contributed by atoms with Crippen molar-refractivity contribution in [2.75, 3.05) is 0 Å². The van der Waals surface area contributed by atoms with E-state index >= 15 is 0 Å². The maximum absolute atomic E-state index is 5.89. The number of rotatable bonds is 1. The van der Waals surface area contributed by atoms with Gasteiger partial charge in [-0.15, -0.1) is 0 Å². The highest BCUT2D eigenvalue weighted by atomic mass is 16.4. The Morgan fingerprint density at radius 1 is 0.944 bits per heavy atom. The molecule has 3 aromatic rings. The van der Waals surface area contributed by atoms with Crippen LogP contribution in [0, 0.1) is 0 Å². The maximum Gasteiger partial charge on any atom is 0.408 e. The molecule has 1 aromatic heterocycles. The number of hydrogen-bond acceptors (Lipinski definition) is 2. The fourth-order valence-electron chi connectivity index (χ4n) is 2.35. The summed E-state index contributed by atoms with van der Waals surface area (Å²) in [5.74, 6) is 1.53. The highest BCUT2D eigenvalue weighted by Crippen LogP contribution is 2.29. The lowest BCUT2D eigenvalue weighted by atomic mass is 10.1. The van der Waals surface area contributed by atoms with Crippen molar-refractivity contribution in [1.29, 1.82) is 0 Å². The summed E-state index contributed by atoms with van der Waals surface area (Å²) >= 11 is 0. The van der Waals surface area contributed by atoms with Gasteiger partial charge in [0.2, 0.25) is 6.54 Å². The van der Waals surface area contributed by atoms with Crippen LogP contribution in [0.3, 0.4) is 0 Å². The second-order valence-corrected chi connectivity index (χ2v) is 4.39. The van der Waals surface area contributed by atoms with Crippen molar-refractivity contribution in [3.05, 3.63) is 60.2 Å². The van der Waals surface area contributed by atoms with Crippen molar-refractivity contribution in [2.24, 2.45) is 0 Å². The first-order chi connectivity index (χ1) is 8.92. The molecule has 0 bridgehead atoms. The quantitative estimate of drug-likeness (QED) is 0.475. The van der Waals surface area contributed by atoms with Crippen LogP contribution in [0.1, 0.15) is 5.56 Å². The van der Waals surface area contributed by atoms with Crippen molar-refractivity contribution in [3.63, 3.8) is 0 Å². The van der Waals surface area contributed by atoms with Gasteiger partial charge in [0.1, 0.15) is 0 Å². The monoisotopic (exact) mass is 235 g/mol. The Morgan fingerprint density at radius 3 is 2.61 bits per heavy atom. The standard InChI is InChI=1S/C15H11N2O/c1-2-6-11(7-3-1)14-16-17-10-12-8-4-5-9-13(12)15(17)18-14/h1-9H,10H2/q+1. The van der Waals surface area contributed by atoms with Crippen molar-refractivity contribution < 1.29 is 9.10 Å². The van der Waals surface area contributed by atoms with Gasteiger partial charge in [-0.2, -0.15) is 0 Å². The number of aromatic nitrogens is 2. The van der Waals surface area contributed by atoms with Crippen LogP contribution in [0.25, 0.3) is 22.9 Å². The van der Waals surface area contributed by atoms with Crippen LogP contribution in [0.15, 0.2) is 59.0 Å². The first-order valence-corrected chi connectivity index (χ1v) is 5.96. The molecule has 1 aliphatic heterocycles. The summed E-state index contributed by atoms with van der Waals surface area (Å²) in [7, 11) is 0. The van der Waals surface area contributed by atoms with E-state index in [1.807, 2.05) is 47.1 Å². The first kappa shape index (κ1) is 9.59. The van der Waals surface area contributed by atoms with Gasteiger partial charge in [-0.3, -0.25) is 0 Å². The lowest BCUT2D eigenvalue weighted by molar-refractivity contribution is -0.730. The molecular formula is C15H11N2O+. The summed E-state index contributed by atoms with van der Waals surface area (Å²) in [5.41, 5.74) is 3.42. The zero-order valence-electron chi connectivity index (χ0n) is 9.71. The van der Waals surface area contributed by atoms with E-state index in [4.69, 9.17) is 4.42 Å². The van der Waals surface area contributed by atoms with Crippen LogP contribution >= 0.6 is 0 Å². The SMILES string of the molecule is c1ccc(-c2n[n+]3c(o2)-c2ccccc2C3)cc1. The third-order valence-electron chi connectivity index (χ3n) is 3.23. The molecule has 2 aromatic carbocycles. The summed E-state index contributed by atoms with van der Waals surface area (Å²) in [5, 5.41) is 4.53. The van der Waals surface area contributed by atoms with E-state index < -0.39 is 0 Å². The molecule has 0 saturated carbocycles. The van der Waals surface area contributed by atoms with E-state index in [2.05, 4.69) is 17.2 Å². The van der Waals surface area contributed by atoms with Crippen LogP contribution < -0.4 is 4.68 Å². The van der Waals surface area contributed by atoms with Crippen molar-refractivity contribution in [2.45, 2.75) is 6.54 Å². The molecule has 0 unspecified atom stereocenters. The largest absolute Gasteiger partial charge is 0.408 e. The van der Waals surface area contributed by atoms with Gasteiger partial charge in [-0.1, -0.05) is 36.4 Å². The molecule has 4 rings (SSSR count). The van der Waals surface area contributed by atoms with Gasteiger partial charge in [0.05, 0.1) is 5.56 Å². The average molecular weight is 235 g/mol. The van der Waals surface area contributed by atoms with E-state index in [1.165, 1.54) is 5.56 Å². The molecule has 0 aliphatic carbocycles. The first-order valence-electron chi connectivity index (χ1n) is 5.96. The van der Waals surface area contributed by atoms with Crippen molar-refractivity contribution in [1.82, 2.24) is 5.10 Å². The Bertz CT molecular complexity index is 716. The third-order valence-corrected chi connectivity index (χ3v) is 3.23. The molecule has 0 atom stereocenters. The van der Waals surface area contributed by atoms with Gasteiger partial charge in [0, 0.05) is 16.2 Å². The average Bonchev–Trinajstić information content (AvgIpc) is 2.97. The highest BCUT2D eigenvalue weighted by Gasteiger charge is 2.33. The number of fused-ring (bicyclic) bond motifs is 3. The smallest absolute Gasteiger partial charge is 0.377 e. The molecule has 2 heterocycles. The summed E-state index contributed by atoms with van der Waals surface area (Å²) in [4.78, 5) is 0. The molecular weight excluding hydrogens is 224 g/mol. The summed E-state index contributed by atoms with van der Waals surface area (Å²) in [6.07, 6.45) is 0. The van der Waals surface area contributed by atoms with Crippen molar-refractivity contribution in [3.8, 4) is 22.9 Å².